The van der Waals surface area contributed by atoms with E-state index in [1.807, 2.05) is 13.8 Å². The van der Waals surface area contributed by atoms with Crippen molar-refractivity contribution in [1.29, 1.82) is 0 Å². The van der Waals surface area contributed by atoms with Crippen LogP contribution in [0.25, 0.3) is 0 Å². The number of benzene rings is 1. The van der Waals surface area contributed by atoms with Gasteiger partial charge >= 0.3 is 5.97 Å². The summed E-state index contributed by atoms with van der Waals surface area (Å²) in [6, 6.07) is 6.58. The topological polar surface area (TPSA) is 77.8 Å². The maximum atomic E-state index is 12.1. The second-order valence-corrected chi connectivity index (χ2v) is 4.63. The van der Waals surface area contributed by atoms with E-state index in [0.29, 0.717) is 5.56 Å². The average Bonchev–Trinajstić information content (AvgIpc) is 2.31. The number of para-hydroxylation sites is 1. The zero-order valence-corrected chi connectivity index (χ0v) is 11.2. The van der Waals surface area contributed by atoms with E-state index in [-0.39, 0.29) is 37.1 Å². The lowest BCUT2D eigenvalue weighted by molar-refractivity contribution is -0.139. The molecule has 0 radical (unpaired) electrons. The molecule has 0 aliphatic heterocycles. The van der Waals surface area contributed by atoms with Crippen molar-refractivity contribution in [2.24, 2.45) is 0 Å². The number of carboxylic acids is 1. The van der Waals surface area contributed by atoms with E-state index >= 15 is 0 Å². The van der Waals surface area contributed by atoms with Crippen LogP contribution in [0.3, 0.4) is 0 Å². The van der Waals surface area contributed by atoms with Gasteiger partial charge in [0.15, 0.2) is 0 Å². The maximum Gasteiger partial charge on any atom is 0.305 e. The molecule has 5 nitrogen and oxygen atoms in total. The number of aliphatic carboxylic acids is 1. The SMILES string of the molecule is CC(C)N(CCC(=O)O)C(=O)Cc1ccccc1O. The Balaban J connectivity index is 2.72. The van der Waals surface area contributed by atoms with E-state index in [1.54, 1.807) is 18.2 Å². The second-order valence-electron chi connectivity index (χ2n) is 4.63. The molecule has 2 N–H and O–H groups in total. The Bertz CT molecular complexity index is 457. The molecule has 1 aromatic carbocycles. The zero-order valence-electron chi connectivity index (χ0n) is 11.2. The minimum Gasteiger partial charge on any atom is -0.508 e. The van der Waals surface area contributed by atoms with Crippen molar-refractivity contribution in [1.82, 2.24) is 4.90 Å². The number of phenols is 1. The van der Waals surface area contributed by atoms with Crippen molar-refractivity contribution in [3.05, 3.63) is 29.8 Å². The molecule has 0 aliphatic carbocycles. The van der Waals surface area contributed by atoms with E-state index in [0.717, 1.165) is 0 Å². The summed E-state index contributed by atoms with van der Waals surface area (Å²) in [4.78, 5) is 24.2. The summed E-state index contributed by atoms with van der Waals surface area (Å²) in [5.74, 6) is -1.03. The summed E-state index contributed by atoms with van der Waals surface area (Å²) in [7, 11) is 0. The van der Waals surface area contributed by atoms with Gasteiger partial charge in [-0.1, -0.05) is 18.2 Å². The molecule has 19 heavy (non-hydrogen) atoms. The molecule has 0 saturated heterocycles. The molecule has 104 valence electrons. The standard InChI is InChI=1S/C14H19NO4/c1-10(2)15(8-7-14(18)19)13(17)9-11-5-3-4-6-12(11)16/h3-6,10,16H,7-9H2,1-2H3,(H,18,19). The van der Waals surface area contributed by atoms with Gasteiger partial charge in [0.2, 0.25) is 5.91 Å². The van der Waals surface area contributed by atoms with Gasteiger partial charge in [0.1, 0.15) is 5.75 Å². The summed E-state index contributed by atoms with van der Waals surface area (Å²) < 4.78 is 0. The van der Waals surface area contributed by atoms with Crippen LogP contribution in [0.2, 0.25) is 0 Å². The summed E-state index contributed by atoms with van der Waals surface area (Å²) in [5, 5.41) is 18.3. The highest BCUT2D eigenvalue weighted by Gasteiger charge is 2.19. The molecule has 0 aromatic heterocycles. The fraction of sp³-hybridized carbons (Fsp3) is 0.429. The van der Waals surface area contributed by atoms with Crippen molar-refractivity contribution < 1.29 is 19.8 Å². The Hall–Kier alpha value is -2.04. The van der Waals surface area contributed by atoms with Gasteiger partial charge in [0.25, 0.3) is 0 Å². The third-order valence-electron chi connectivity index (χ3n) is 2.84. The first kappa shape index (κ1) is 15.0. The predicted molar refractivity (Wildman–Crippen MR) is 70.9 cm³/mol. The van der Waals surface area contributed by atoms with Gasteiger partial charge in [-0.25, -0.2) is 0 Å². The monoisotopic (exact) mass is 265 g/mol. The molecule has 0 fully saturated rings. The van der Waals surface area contributed by atoms with E-state index in [1.165, 1.54) is 11.0 Å². The van der Waals surface area contributed by atoms with Crippen LogP contribution in [0.5, 0.6) is 5.75 Å². The first-order valence-corrected chi connectivity index (χ1v) is 6.20. The summed E-state index contributed by atoms with van der Waals surface area (Å²) in [6.45, 7) is 3.86. The highest BCUT2D eigenvalue weighted by Crippen LogP contribution is 2.17. The zero-order chi connectivity index (χ0) is 14.4. The number of aromatic hydroxyl groups is 1. The van der Waals surface area contributed by atoms with Gasteiger partial charge in [0, 0.05) is 18.2 Å². The molecule has 0 atom stereocenters. The van der Waals surface area contributed by atoms with Crippen LogP contribution in [0.15, 0.2) is 24.3 Å². The number of carbonyl (C=O) groups is 2. The minimum absolute atomic E-state index is 0.0716. The van der Waals surface area contributed by atoms with Crippen LogP contribution in [-0.2, 0) is 16.0 Å². The van der Waals surface area contributed by atoms with Crippen molar-refractivity contribution >= 4 is 11.9 Å². The molecule has 0 heterocycles. The van der Waals surface area contributed by atoms with Crippen molar-refractivity contribution in [3.8, 4) is 5.75 Å². The van der Waals surface area contributed by atoms with Crippen LogP contribution in [0.4, 0.5) is 0 Å². The number of carbonyl (C=O) groups excluding carboxylic acids is 1. The Morgan fingerprint density at radius 1 is 1.26 bits per heavy atom. The van der Waals surface area contributed by atoms with Crippen LogP contribution in [0, 0.1) is 0 Å². The minimum atomic E-state index is -0.930. The molecule has 0 unspecified atom stereocenters. The van der Waals surface area contributed by atoms with E-state index in [2.05, 4.69) is 0 Å². The van der Waals surface area contributed by atoms with Crippen molar-refractivity contribution in [3.63, 3.8) is 0 Å². The van der Waals surface area contributed by atoms with Crippen LogP contribution in [-0.4, -0.2) is 39.6 Å². The quantitative estimate of drug-likeness (QED) is 0.819. The molecule has 1 aromatic rings. The fourth-order valence-corrected chi connectivity index (χ4v) is 1.81. The first-order valence-electron chi connectivity index (χ1n) is 6.20. The fourth-order valence-electron chi connectivity index (χ4n) is 1.81. The molecular weight excluding hydrogens is 246 g/mol. The first-order chi connectivity index (χ1) is 8.91. The number of phenolic OH excluding ortho intramolecular Hbond substituents is 1. The van der Waals surface area contributed by atoms with Gasteiger partial charge < -0.3 is 15.1 Å². The highest BCUT2D eigenvalue weighted by molar-refractivity contribution is 5.80. The average molecular weight is 265 g/mol. The Morgan fingerprint density at radius 2 is 1.89 bits per heavy atom. The number of rotatable bonds is 6. The summed E-state index contributed by atoms with van der Waals surface area (Å²) in [5.41, 5.74) is 0.550. The molecular formula is C14H19NO4. The molecule has 0 spiro atoms. The molecule has 5 heteroatoms. The van der Waals surface area contributed by atoms with Gasteiger partial charge in [-0.2, -0.15) is 0 Å². The molecule has 1 amide bonds. The smallest absolute Gasteiger partial charge is 0.305 e. The molecule has 0 saturated carbocycles. The van der Waals surface area contributed by atoms with Crippen LogP contribution >= 0.6 is 0 Å². The third kappa shape index (κ3) is 4.62. The number of hydrogen-bond donors (Lipinski definition) is 2. The summed E-state index contributed by atoms with van der Waals surface area (Å²) >= 11 is 0. The van der Waals surface area contributed by atoms with Crippen molar-refractivity contribution in [2.75, 3.05) is 6.54 Å². The predicted octanol–water partition coefficient (Wildman–Crippen LogP) is 1.65. The normalized spacial score (nSPS) is 10.5. The van der Waals surface area contributed by atoms with Crippen LogP contribution < -0.4 is 0 Å². The lowest BCUT2D eigenvalue weighted by Gasteiger charge is -2.26. The largest absolute Gasteiger partial charge is 0.508 e. The number of amides is 1. The number of carboxylic acid groups (broad SMARTS) is 1. The van der Waals surface area contributed by atoms with E-state index in [4.69, 9.17) is 5.11 Å². The molecule has 1 rings (SSSR count). The Kier molecular flexibility index (Phi) is 5.36. The summed E-state index contributed by atoms with van der Waals surface area (Å²) in [6.07, 6.45) is -0.00480. The number of hydrogen-bond acceptors (Lipinski definition) is 3. The van der Waals surface area contributed by atoms with Crippen molar-refractivity contribution in [2.45, 2.75) is 32.7 Å². The molecule has 0 aliphatic rings. The highest BCUT2D eigenvalue weighted by atomic mass is 16.4. The lowest BCUT2D eigenvalue weighted by Crippen LogP contribution is -2.39. The third-order valence-corrected chi connectivity index (χ3v) is 2.84. The van der Waals surface area contributed by atoms with Crippen LogP contribution in [0.1, 0.15) is 25.8 Å². The Labute approximate surface area is 112 Å². The second kappa shape index (κ2) is 6.78. The van der Waals surface area contributed by atoms with E-state index < -0.39 is 5.97 Å². The van der Waals surface area contributed by atoms with Gasteiger partial charge in [-0.15, -0.1) is 0 Å². The lowest BCUT2D eigenvalue weighted by atomic mass is 10.1. The number of nitrogens with zero attached hydrogens (tertiary/aromatic N) is 1. The Morgan fingerprint density at radius 3 is 2.42 bits per heavy atom. The van der Waals surface area contributed by atoms with Gasteiger partial charge in [-0.05, 0) is 19.9 Å². The van der Waals surface area contributed by atoms with Gasteiger partial charge in [0.05, 0.1) is 12.8 Å². The van der Waals surface area contributed by atoms with E-state index in [9.17, 15) is 14.7 Å². The molecule has 0 bridgehead atoms. The maximum absolute atomic E-state index is 12.1. The van der Waals surface area contributed by atoms with Gasteiger partial charge in [-0.3, -0.25) is 9.59 Å².